The zero-order chi connectivity index (χ0) is 10.8. The Kier molecular flexibility index (Phi) is 2.85. The topological polar surface area (TPSA) is 18.5 Å². The van der Waals surface area contributed by atoms with Crippen LogP contribution in [0.15, 0.2) is 18.2 Å². The Bertz CT molecular complexity index is 330. The molecule has 0 aromatic heterocycles. The highest BCUT2D eigenvalue weighted by atomic mass is 16.5. The predicted octanol–water partition coefficient (Wildman–Crippen LogP) is 3.22. The first kappa shape index (κ1) is 10.3. The molecule has 1 aliphatic rings. The van der Waals surface area contributed by atoms with Gasteiger partial charge >= 0.3 is 0 Å². The van der Waals surface area contributed by atoms with E-state index in [-0.39, 0.29) is 0 Å². The van der Waals surface area contributed by atoms with E-state index in [1.165, 1.54) is 5.56 Å². The molecule has 2 rings (SSSR count). The third kappa shape index (κ3) is 1.81. The van der Waals surface area contributed by atoms with E-state index in [0.29, 0.717) is 11.8 Å². The lowest BCUT2D eigenvalue weighted by Gasteiger charge is -2.30. The summed E-state index contributed by atoms with van der Waals surface area (Å²) in [5.74, 6) is 3.15. The van der Waals surface area contributed by atoms with Crippen molar-refractivity contribution in [2.45, 2.75) is 26.2 Å². The van der Waals surface area contributed by atoms with Crippen LogP contribution in [0.4, 0.5) is 0 Å². The van der Waals surface area contributed by atoms with Gasteiger partial charge in [0.05, 0.1) is 13.7 Å². The van der Waals surface area contributed by atoms with Crippen LogP contribution in [0.1, 0.15) is 31.7 Å². The van der Waals surface area contributed by atoms with Crippen LogP contribution in [0, 0.1) is 5.92 Å². The zero-order valence-electron chi connectivity index (χ0n) is 9.62. The maximum absolute atomic E-state index is 5.67. The van der Waals surface area contributed by atoms with E-state index in [1.54, 1.807) is 7.11 Å². The average molecular weight is 206 g/mol. The molecule has 0 spiro atoms. The van der Waals surface area contributed by atoms with Crippen LogP contribution in [0.2, 0.25) is 0 Å². The highest BCUT2D eigenvalue weighted by Gasteiger charge is 2.27. The highest BCUT2D eigenvalue weighted by molar-refractivity contribution is 5.48. The van der Waals surface area contributed by atoms with Crippen LogP contribution in [0.25, 0.3) is 0 Å². The van der Waals surface area contributed by atoms with E-state index < -0.39 is 0 Å². The van der Waals surface area contributed by atoms with Crippen molar-refractivity contribution in [1.82, 2.24) is 0 Å². The van der Waals surface area contributed by atoms with Crippen LogP contribution < -0.4 is 9.47 Å². The lowest BCUT2D eigenvalue weighted by Crippen LogP contribution is -2.19. The third-order valence-electron chi connectivity index (χ3n) is 3.11. The number of benzene rings is 1. The van der Waals surface area contributed by atoms with Crippen molar-refractivity contribution in [3.8, 4) is 11.5 Å². The van der Waals surface area contributed by atoms with Crippen molar-refractivity contribution in [2.75, 3.05) is 13.7 Å². The standard InChI is InChI=1S/C13H18O2/c1-9(2)10-7-8-15-12-6-4-5-11(14-3)13(10)12/h4-6,9-10H,7-8H2,1-3H3. The van der Waals surface area contributed by atoms with Gasteiger partial charge in [0.2, 0.25) is 0 Å². The molecule has 1 aromatic carbocycles. The van der Waals surface area contributed by atoms with Gasteiger partial charge in [-0.2, -0.15) is 0 Å². The summed E-state index contributed by atoms with van der Waals surface area (Å²) in [5, 5.41) is 0. The van der Waals surface area contributed by atoms with Crippen LogP contribution in [0.3, 0.4) is 0 Å². The summed E-state index contributed by atoms with van der Waals surface area (Å²) >= 11 is 0. The molecule has 0 radical (unpaired) electrons. The monoisotopic (exact) mass is 206 g/mol. The lowest BCUT2D eigenvalue weighted by molar-refractivity contribution is 0.241. The molecule has 2 heteroatoms. The SMILES string of the molecule is COc1cccc2c1C(C(C)C)CCO2. The van der Waals surface area contributed by atoms with Gasteiger partial charge in [-0.25, -0.2) is 0 Å². The first-order valence-electron chi connectivity index (χ1n) is 5.53. The normalized spacial score (nSPS) is 19.6. The number of hydrogen-bond acceptors (Lipinski definition) is 2. The fraction of sp³-hybridized carbons (Fsp3) is 0.538. The summed E-state index contributed by atoms with van der Waals surface area (Å²) in [7, 11) is 1.72. The largest absolute Gasteiger partial charge is 0.496 e. The Morgan fingerprint density at radius 2 is 2.20 bits per heavy atom. The van der Waals surface area contributed by atoms with Crippen LogP contribution >= 0.6 is 0 Å². The summed E-state index contributed by atoms with van der Waals surface area (Å²) in [4.78, 5) is 0. The summed E-state index contributed by atoms with van der Waals surface area (Å²) in [6, 6.07) is 6.04. The molecule has 0 saturated carbocycles. The molecule has 0 bridgehead atoms. The fourth-order valence-electron chi connectivity index (χ4n) is 2.30. The van der Waals surface area contributed by atoms with Gasteiger partial charge < -0.3 is 9.47 Å². The Hall–Kier alpha value is -1.18. The summed E-state index contributed by atoms with van der Waals surface area (Å²) in [5.41, 5.74) is 1.25. The first-order chi connectivity index (χ1) is 7.24. The molecular formula is C13H18O2. The molecule has 1 atom stereocenters. The molecule has 0 N–H and O–H groups in total. The molecular weight excluding hydrogens is 188 g/mol. The van der Waals surface area contributed by atoms with Crippen molar-refractivity contribution >= 4 is 0 Å². The van der Waals surface area contributed by atoms with Crippen molar-refractivity contribution in [1.29, 1.82) is 0 Å². The second kappa shape index (κ2) is 4.13. The second-order valence-electron chi connectivity index (χ2n) is 4.36. The number of methoxy groups -OCH3 is 1. The van der Waals surface area contributed by atoms with Gasteiger partial charge in [-0.05, 0) is 30.4 Å². The number of hydrogen-bond donors (Lipinski definition) is 0. The van der Waals surface area contributed by atoms with Gasteiger partial charge in [0.15, 0.2) is 0 Å². The van der Waals surface area contributed by atoms with Crippen molar-refractivity contribution < 1.29 is 9.47 Å². The number of rotatable bonds is 2. The van der Waals surface area contributed by atoms with Crippen molar-refractivity contribution in [2.24, 2.45) is 5.92 Å². The minimum absolute atomic E-state index is 0.560. The molecule has 0 amide bonds. The molecule has 1 aliphatic heterocycles. The lowest BCUT2D eigenvalue weighted by atomic mass is 9.83. The molecule has 0 fully saturated rings. The molecule has 2 nitrogen and oxygen atoms in total. The highest BCUT2D eigenvalue weighted by Crippen LogP contribution is 2.43. The molecule has 1 aromatic rings. The van der Waals surface area contributed by atoms with E-state index in [4.69, 9.17) is 9.47 Å². The minimum Gasteiger partial charge on any atom is -0.496 e. The van der Waals surface area contributed by atoms with Crippen LogP contribution in [-0.2, 0) is 0 Å². The molecule has 82 valence electrons. The maximum atomic E-state index is 5.67. The van der Waals surface area contributed by atoms with E-state index >= 15 is 0 Å². The van der Waals surface area contributed by atoms with Gasteiger partial charge in [-0.1, -0.05) is 19.9 Å². The van der Waals surface area contributed by atoms with Gasteiger partial charge in [-0.3, -0.25) is 0 Å². The van der Waals surface area contributed by atoms with Gasteiger partial charge in [0, 0.05) is 5.56 Å². The predicted molar refractivity (Wildman–Crippen MR) is 60.7 cm³/mol. The van der Waals surface area contributed by atoms with Crippen molar-refractivity contribution in [3.63, 3.8) is 0 Å². The van der Waals surface area contributed by atoms with Crippen molar-refractivity contribution in [3.05, 3.63) is 23.8 Å². The average Bonchev–Trinajstić information content (AvgIpc) is 2.27. The third-order valence-corrected chi connectivity index (χ3v) is 3.11. The molecule has 15 heavy (non-hydrogen) atoms. The van der Waals surface area contributed by atoms with E-state index in [9.17, 15) is 0 Å². The Morgan fingerprint density at radius 3 is 2.87 bits per heavy atom. The van der Waals surface area contributed by atoms with E-state index in [1.807, 2.05) is 18.2 Å². The van der Waals surface area contributed by atoms with Gasteiger partial charge in [-0.15, -0.1) is 0 Å². The summed E-state index contributed by atoms with van der Waals surface area (Å²) < 4.78 is 11.1. The van der Waals surface area contributed by atoms with Crippen LogP contribution in [-0.4, -0.2) is 13.7 Å². The van der Waals surface area contributed by atoms with Gasteiger partial charge in [0.1, 0.15) is 11.5 Å². The Balaban J connectivity index is 2.47. The molecule has 0 saturated heterocycles. The first-order valence-corrected chi connectivity index (χ1v) is 5.53. The van der Waals surface area contributed by atoms with Gasteiger partial charge in [0.25, 0.3) is 0 Å². The smallest absolute Gasteiger partial charge is 0.126 e. The fourth-order valence-corrected chi connectivity index (χ4v) is 2.30. The Morgan fingerprint density at radius 1 is 1.40 bits per heavy atom. The minimum atomic E-state index is 0.560. The quantitative estimate of drug-likeness (QED) is 0.739. The second-order valence-corrected chi connectivity index (χ2v) is 4.36. The Labute approximate surface area is 91.2 Å². The molecule has 0 aliphatic carbocycles. The zero-order valence-corrected chi connectivity index (χ0v) is 9.62. The summed E-state index contributed by atoms with van der Waals surface area (Å²) in [6.07, 6.45) is 1.09. The van der Waals surface area contributed by atoms with E-state index in [2.05, 4.69) is 13.8 Å². The number of fused-ring (bicyclic) bond motifs is 1. The number of ether oxygens (including phenoxy) is 2. The molecule has 1 unspecified atom stereocenters. The molecule has 1 heterocycles. The maximum Gasteiger partial charge on any atom is 0.126 e. The van der Waals surface area contributed by atoms with Crippen LogP contribution in [0.5, 0.6) is 11.5 Å². The van der Waals surface area contributed by atoms with E-state index in [0.717, 1.165) is 24.5 Å². The summed E-state index contributed by atoms with van der Waals surface area (Å²) in [6.45, 7) is 5.33.